The van der Waals surface area contributed by atoms with E-state index in [1.165, 1.54) is 6.20 Å². The fourth-order valence-electron chi connectivity index (χ4n) is 2.49. The van der Waals surface area contributed by atoms with E-state index in [1.54, 1.807) is 11.1 Å². The predicted octanol–water partition coefficient (Wildman–Crippen LogP) is 1.19. The van der Waals surface area contributed by atoms with Crippen LogP contribution in [0.5, 0.6) is 0 Å². The minimum Gasteiger partial charge on any atom is -0.352 e. The Morgan fingerprint density at radius 2 is 2.19 bits per heavy atom. The first-order chi connectivity index (χ1) is 10.2. The maximum atomic E-state index is 12.1. The number of nitrogens with one attached hydrogen (secondary N) is 2. The zero-order valence-corrected chi connectivity index (χ0v) is 11.5. The van der Waals surface area contributed by atoms with Gasteiger partial charge in [0.1, 0.15) is 0 Å². The van der Waals surface area contributed by atoms with Crippen molar-refractivity contribution in [2.24, 2.45) is 5.92 Å². The largest absolute Gasteiger partial charge is 0.352 e. The number of hydrogen-bond donors (Lipinski definition) is 2. The molecule has 2 heterocycles. The maximum Gasteiger partial charge on any atom is 0.254 e. The van der Waals surface area contributed by atoms with Crippen molar-refractivity contribution in [2.45, 2.75) is 6.42 Å². The lowest BCUT2D eigenvalue weighted by molar-refractivity contribution is -0.117. The molecule has 0 spiro atoms. The van der Waals surface area contributed by atoms with Gasteiger partial charge in [0.15, 0.2) is 0 Å². The second-order valence-electron chi connectivity index (χ2n) is 5.11. The van der Waals surface area contributed by atoms with Crippen molar-refractivity contribution in [1.29, 1.82) is 0 Å². The number of rotatable bonds is 4. The Bertz CT molecular complexity index is 624. The van der Waals surface area contributed by atoms with Gasteiger partial charge in [-0.05, 0) is 12.1 Å². The highest BCUT2D eigenvalue weighted by Gasteiger charge is 2.30. The quantitative estimate of drug-likeness (QED) is 0.885. The van der Waals surface area contributed by atoms with Crippen molar-refractivity contribution in [1.82, 2.24) is 15.5 Å². The highest BCUT2D eigenvalue weighted by atomic mass is 16.2. The number of benzene rings is 1. The van der Waals surface area contributed by atoms with Crippen LogP contribution < -0.4 is 10.2 Å². The second-order valence-corrected chi connectivity index (χ2v) is 5.11. The first-order valence-electron chi connectivity index (χ1n) is 6.86. The molecule has 3 rings (SSSR count). The zero-order chi connectivity index (χ0) is 14.7. The van der Waals surface area contributed by atoms with Gasteiger partial charge in [-0.25, -0.2) is 0 Å². The number of para-hydroxylation sites is 1. The van der Waals surface area contributed by atoms with E-state index in [0.29, 0.717) is 25.1 Å². The molecule has 0 unspecified atom stereocenters. The molecule has 108 valence electrons. The zero-order valence-electron chi connectivity index (χ0n) is 11.5. The smallest absolute Gasteiger partial charge is 0.254 e. The lowest BCUT2D eigenvalue weighted by atomic mass is 10.1. The molecule has 21 heavy (non-hydrogen) atoms. The summed E-state index contributed by atoms with van der Waals surface area (Å²) < 4.78 is 0. The number of nitrogens with zero attached hydrogens (tertiary/aromatic N) is 2. The SMILES string of the molecule is O=C(NC[C@@H]1CC(=O)N(c2ccccc2)C1)c1cn[nH]c1. The molecule has 2 N–H and O–H groups in total. The first-order valence-corrected chi connectivity index (χ1v) is 6.86. The number of aromatic amines is 1. The average Bonchev–Trinajstić information content (AvgIpc) is 3.15. The fraction of sp³-hybridized carbons (Fsp3) is 0.267. The van der Waals surface area contributed by atoms with Crippen molar-refractivity contribution in [2.75, 3.05) is 18.0 Å². The van der Waals surface area contributed by atoms with Crippen LogP contribution in [0.1, 0.15) is 16.8 Å². The topological polar surface area (TPSA) is 78.1 Å². The molecule has 1 aromatic carbocycles. The van der Waals surface area contributed by atoms with Crippen LogP contribution >= 0.6 is 0 Å². The summed E-state index contributed by atoms with van der Waals surface area (Å²) in [6.45, 7) is 1.12. The van der Waals surface area contributed by atoms with Gasteiger partial charge < -0.3 is 10.2 Å². The number of carbonyl (C=O) groups is 2. The van der Waals surface area contributed by atoms with Gasteiger partial charge >= 0.3 is 0 Å². The fourth-order valence-corrected chi connectivity index (χ4v) is 2.49. The van der Waals surface area contributed by atoms with Gasteiger partial charge in [0, 0.05) is 37.3 Å². The third kappa shape index (κ3) is 2.94. The lowest BCUT2D eigenvalue weighted by Crippen LogP contribution is -2.31. The number of carbonyl (C=O) groups excluding carboxylic acids is 2. The highest BCUT2D eigenvalue weighted by Crippen LogP contribution is 2.24. The molecule has 2 amide bonds. The molecule has 0 aliphatic carbocycles. The number of H-pyrrole nitrogens is 1. The molecule has 6 nitrogen and oxygen atoms in total. The number of anilines is 1. The Labute approximate surface area is 122 Å². The summed E-state index contributed by atoms with van der Waals surface area (Å²) in [7, 11) is 0. The van der Waals surface area contributed by atoms with Crippen LogP contribution in [0.25, 0.3) is 0 Å². The number of amides is 2. The van der Waals surface area contributed by atoms with Gasteiger partial charge in [-0.15, -0.1) is 0 Å². The van der Waals surface area contributed by atoms with Crippen LogP contribution in [0.4, 0.5) is 5.69 Å². The van der Waals surface area contributed by atoms with E-state index in [2.05, 4.69) is 15.5 Å². The predicted molar refractivity (Wildman–Crippen MR) is 77.8 cm³/mol. The summed E-state index contributed by atoms with van der Waals surface area (Å²) >= 11 is 0. The van der Waals surface area contributed by atoms with Crippen molar-refractivity contribution >= 4 is 17.5 Å². The van der Waals surface area contributed by atoms with E-state index in [-0.39, 0.29) is 17.7 Å². The highest BCUT2D eigenvalue weighted by molar-refractivity contribution is 5.96. The first kappa shape index (κ1) is 13.4. The van der Waals surface area contributed by atoms with Crippen molar-refractivity contribution in [3.63, 3.8) is 0 Å². The van der Waals surface area contributed by atoms with Gasteiger partial charge in [-0.2, -0.15) is 5.10 Å². The van der Waals surface area contributed by atoms with Crippen LogP contribution in [0.3, 0.4) is 0 Å². The van der Waals surface area contributed by atoms with Crippen LogP contribution in [-0.4, -0.2) is 35.1 Å². The third-order valence-electron chi connectivity index (χ3n) is 3.58. The van der Waals surface area contributed by atoms with E-state index >= 15 is 0 Å². The molecule has 1 aliphatic rings. The summed E-state index contributed by atoms with van der Waals surface area (Å²) in [5.74, 6) is 0.0617. The Balaban J connectivity index is 1.57. The molecule has 1 saturated heterocycles. The summed E-state index contributed by atoms with van der Waals surface area (Å²) in [5, 5.41) is 9.18. The Hall–Kier alpha value is -2.63. The molecular formula is C15H16N4O2. The molecule has 1 atom stereocenters. The minimum atomic E-state index is -0.172. The number of aromatic nitrogens is 2. The molecule has 0 radical (unpaired) electrons. The standard InChI is InChI=1S/C15H16N4O2/c20-14-6-11(7-16-15(21)12-8-17-18-9-12)10-19(14)13-4-2-1-3-5-13/h1-5,8-9,11H,6-7,10H2,(H,16,21)(H,17,18)/t11-/m0/s1. The molecule has 6 heteroatoms. The van der Waals surface area contributed by atoms with Gasteiger partial charge in [-0.1, -0.05) is 18.2 Å². The maximum absolute atomic E-state index is 12.1. The van der Waals surface area contributed by atoms with E-state index in [9.17, 15) is 9.59 Å². The Morgan fingerprint density at radius 1 is 1.38 bits per heavy atom. The van der Waals surface area contributed by atoms with Crippen LogP contribution in [-0.2, 0) is 4.79 Å². The van der Waals surface area contributed by atoms with E-state index in [1.807, 2.05) is 30.3 Å². The Morgan fingerprint density at radius 3 is 2.90 bits per heavy atom. The molecule has 0 bridgehead atoms. The molecule has 2 aromatic rings. The molecule has 1 aliphatic heterocycles. The van der Waals surface area contributed by atoms with E-state index < -0.39 is 0 Å². The van der Waals surface area contributed by atoms with Crippen LogP contribution in [0.15, 0.2) is 42.7 Å². The van der Waals surface area contributed by atoms with Crippen LogP contribution in [0.2, 0.25) is 0 Å². The van der Waals surface area contributed by atoms with Gasteiger partial charge in [0.25, 0.3) is 5.91 Å². The van der Waals surface area contributed by atoms with Gasteiger partial charge in [0.05, 0.1) is 11.8 Å². The molecule has 1 fully saturated rings. The van der Waals surface area contributed by atoms with Gasteiger partial charge in [-0.3, -0.25) is 14.7 Å². The second kappa shape index (κ2) is 5.78. The molecule has 1 aromatic heterocycles. The average molecular weight is 284 g/mol. The van der Waals surface area contributed by atoms with Crippen molar-refractivity contribution in [3.8, 4) is 0 Å². The van der Waals surface area contributed by atoms with E-state index in [4.69, 9.17) is 0 Å². The summed E-state index contributed by atoms with van der Waals surface area (Å²) in [6, 6.07) is 9.59. The summed E-state index contributed by atoms with van der Waals surface area (Å²) in [6.07, 6.45) is 3.48. The molecule has 0 saturated carbocycles. The van der Waals surface area contributed by atoms with Crippen LogP contribution in [0, 0.1) is 5.92 Å². The van der Waals surface area contributed by atoms with E-state index in [0.717, 1.165) is 5.69 Å². The monoisotopic (exact) mass is 284 g/mol. The summed E-state index contributed by atoms with van der Waals surface area (Å²) in [4.78, 5) is 25.7. The minimum absolute atomic E-state index is 0.101. The Kier molecular flexibility index (Phi) is 3.68. The normalized spacial score (nSPS) is 18.0. The van der Waals surface area contributed by atoms with Gasteiger partial charge in [0.2, 0.25) is 5.91 Å². The lowest BCUT2D eigenvalue weighted by Gasteiger charge is -2.16. The van der Waals surface area contributed by atoms with Crippen molar-refractivity contribution < 1.29 is 9.59 Å². The number of hydrogen-bond acceptors (Lipinski definition) is 3. The van der Waals surface area contributed by atoms with Crippen molar-refractivity contribution in [3.05, 3.63) is 48.3 Å². The summed E-state index contributed by atoms with van der Waals surface area (Å²) in [5.41, 5.74) is 1.41. The molecular weight excluding hydrogens is 268 g/mol. The third-order valence-corrected chi connectivity index (χ3v) is 3.58.